The van der Waals surface area contributed by atoms with Crippen LogP contribution in [0, 0.1) is 0 Å². The van der Waals surface area contributed by atoms with Crippen LogP contribution in [0.1, 0.15) is 46.6 Å². The van der Waals surface area contributed by atoms with Crippen molar-refractivity contribution in [3.63, 3.8) is 0 Å². The largest absolute Gasteiger partial charge is 0.461 e. The summed E-state index contributed by atoms with van der Waals surface area (Å²) < 4.78 is 15.4. The predicted octanol–water partition coefficient (Wildman–Crippen LogP) is 2.96. The molecule has 0 aliphatic rings. The SMILES string of the molecule is CC(C)OC(=O)[C@H](CC(=O)OCc1ccccc1)NC(=O)OC(C)(C)C. The Bertz CT molecular complexity index is 606. The summed E-state index contributed by atoms with van der Waals surface area (Å²) in [6.07, 6.45) is -1.54. The lowest BCUT2D eigenvalue weighted by Gasteiger charge is -2.23. The summed E-state index contributed by atoms with van der Waals surface area (Å²) in [6.45, 7) is 8.52. The molecule has 0 heterocycles. The van der Waals surface area contributed by atoms with Gasteiger partial charge in [0.2, 0.25) is 0 Å². The minimum Gasteiger partial charge on any atom is -0.461 e. The van der Waals surface area contributed by atoms with Crippen LogP contribution in [-0.4, -0.2) is 35.8 Å². The van der Waals surface area contributed by atoms with Gasteiger partial charge in [-0.05, 0) is 40.2 Å². The van der Waals surface area contributed by atoms with E-state index < -0.39 is 29.7 Å². The Balaban J connectivity index is 2.66. The van der Waals surface area contributed by atoms with Crippen LogP contribution in [0.4, 0.5) is 4.79 Å². The summed E-state index contributed by atoms with van der Waals surface area (Å²) in [5.74, 6) is -1.35. The monoisotopic (exact) mass is 365 g/mol. The highest BCUT2D eigenvalue weighted by Crippen LogP contribution is 2.09. The summed E-state index contributed by atoms with van der Waals surface area (Å²) in [4.78, 5) is 36.2. The van der Waals surface area contributed by atoms with E-state index in [0.29, 0.717) is 0 Å². The minimum atomic E-state index is -1.18. The fraction of sp³-hybridized carbons (Fsp3) is 0.526. The van der Waals surface area contributed by atoms with Gasteiger partial charge in [-0.15, -0.1) is 0 Å². The molecule has 0 aromatic heterocycles. The zero-order valence-corrected chi connectivity index (χ0v) is 15.9. The molecule has 0 aliphatic heterocycles. The zero-order valence-electron chi connectivity index (χ0n) is 15.9. The number of carbonyl (C=O) groups excluding carboxylic acids is 3. The highest BCUT2D eigenvalue weighted by Gasteiger charge is 2.29. The molecule has 0 bridgehead atoms. The molecule has 1 aromatic rings. The van der Waals surface area contributed by atoms with Gasteiger partial charge in [0.1, 0.15) is 18.2 Å². The molecular formula is C19H27NO6. The van der Waals surface area contributed by atoms with Crippen LogP contribution in [0.2, 0.25) is 0 Å². The van der Waals surface area contributed by atoms with Crippen molar-refractivity contribution in [2.75, 3.05) is 0 Å². The first kappa shape index (κ1) is 21.5. The molecule has 0 unspecified atom stereocenters. The number of amides is 1. The Morgan fingerprint density at radius 1 is 1.08 bits per heavy atom. The third-order valence-electron chi connectivity index (χ3n) is 2.94. The number of carbonyl (C=O) groups is 3. The van der Waals surface area contributed by atoms with Gasteiger partial charge in [-0.2, -0.15) is 0 Å². The molecule has 1 amide bonds. The smallest absolute Gasteiger partial charge is 0.408 e. The molecule has 0 saturated heterocycles. The number of hydrogen-bond acceptors (Lipinski definition) is 6. The van der Waals surface area contributed by atoms with Crippen molar-refractivity contribution < 1.29 is 28.6 Å². The van der Waals surface area contributed by atoms with E-state index >= 15 is 0 Å². The first-order chi connectivity index (χ1) is 12.1. The third kappa shape index (κ3) is 9.05. The Labute approximate surface area is 154 Å². The highest BCUT2D eigenvalue weighted by molar-refractivity contribution is 5.86. The van der Waals surface area contributed by atoms with E-state index in [1.165, 1.54) is 0 Å². The lowest BCUT2D eigenvalue weighted by atomic mass is 10.2. The Kier molecular flexibility index (Phi) is 8.09. The van der Waals surface area contributed by atoms with Crippen LogP contribution in [0.15, 0.2) is 30.3 Å². The summed E-state index contributed by atoms with van der Waals surface area (Å²) in [5.41, 5.74) is 0.0898. The summed E-state index contributed by atoms with van der Waals surface area (Å²) in [6, 6.07) is 7.96. The molecule has 0 fully saturated rings. The first-order valence-electron chi connectivity index (χ1n) is 8.46. The molecule has 7 nitrogen and oxygen atoms in total. The first-order valence-corrected chi connectivity index (χ1v) is 8.46. The summed E-state index contributed by atoms with van der Waals surface area (Å²) in [7, 11) is 0. The van der Waals surface area contributed by atoms with Crippen molar-refractivity contribution in [3.8, 4) is 0 Å². The van der Waals surface area contributed by atoms with Crippen molar-refractivity contribution in [3.05, 3.63) is 35.9 Å². The molecule has 0 saturated carbocycles. The van der Waals surface area contributed by atoms with Crippen molar-refractivity contribution >= 4 is 18.0 Å². The normalized spacial score (nSPS) is 12.2. The molecule has 26 heavy (non-hydrogen) atoms. The van der Waals surface area contributed by atoms with Gasteiger partial charge in [-0.25, -0.2) is 9.59 Å². The average molecular weight is 365 g/mol. The number of benzene rings is 1. The van der Waals surface area contributed by atoms with E-state index in [1.54, 1.807) is 34.6 Å². The molecule has 1 aromatic carbocycles. The Morgan fingerprint density at radius 3 is 2.23 bits per heavy atom. The molecular weight excluding hydrogens is 338 g/mol. The highest BCUT2D eigenvalue weighted by atomic mass is 16.6. The van der Waals surface area contributed by atoms with Crippen molar-refractivity contribution in [2.24, 2.45) is 0 Å². The fourth-order valence-electron chi connectivity index (χ4n) is 1.92. The van der Waals surface area contributed by atoms with E-state index in [-0.39, 0.29) is 19.1 Å². The topological polar surface area (TPSA) is 90.9 Å². The standard InChI is InChI=1S/C19H27NO6/c1-13(2)25-17(22)15(20-18(23)26-19(3,4)5)11-16(21)24-12-14-9-7-6-8-10-14/h6-10,13,15H,11-12H2,1-5H3,(H,20,23)/t15-/m0/s1. The molecule has 144 valence electrons. The second-order valence-electron chi connectivity index (χ2n) is 7.03. The number of alkyl carbamates (subject to hydrolysis) is 1. The fourth-order valence-corrected chi connectivity index (χ4v) is 1.92. The predicted molar refractivity (Wildman–Crippen MR) is 95.2 cm³/mol. The van der Waals surface area contributed by atoms with Crippen LogP contribution >= 0.6 is 0 Å². The van der Waals surface area contributed by atoms with E-state index in [9.17, 15) is 14.4 Å². The van der Waals surface area contributed by atoms with E-state index in [4.69, 9.17) is 14.2 Å². The van der Waals surface area contributed by atoms with Crippen LogP contribution in [0.3, 0.4) is 0 Å². The van der Waals surface area contributed by atoms with Gasteiger partial charge < -0.3 is 19.5 Å². The van der Waals surface area contributed by atoms with Crippen molar-refractivity contribution in [2.45, 2.75) is 65.4 Å². The number of esters is 2. The molecule has 1 N–H and O–H groups in total. The molecule has 1 rings (SSSR count). The van der Waals surface area contributed by atoms with Gasteiger partial charge in [-0.1, -0.05) is 30.3 Å². The number of rotatable bonds is 7. The van der Waals surface area contributed by atoms with Crippen LogP contribution < -0.4 is 5.32 Å². The number of ether oxygens (including phenoxy) is 3. The van der Waals surface area contributed by atoms with Gasteiger partial charge >= 0.3 is 18.0 Å². The van der Waals surface area contributed by atoms with Crippen LogP contribution in [0.25, 0.3) is 0 Å². The van der Waals surface area contributed by atoms with E-state index in [0.717, 1.165) is 5.56 Å². The van der Waals surface area contributed by atoms with Crippen LogP contribution in [-0.2, 0) is 30.4 Å². The van der Waals surface area contributed by atoms with Crippen molar-refractivity contribution in [1.82, 2.24) is 5.32 Å². The third-order valence-corrected chi connectivity index (χ3v) is 2.94. The number of nitrogens with one attached hydrogen (secondary N) is 1. The zero-order chi connectivity index (χ0) is 19.7. The van der Waals surface area contributed by atoms with Crippen molar-refractivity contribution in [1.29, 1.82) is 0 Å². The number of hydrogen-bond donors (Lipinski definition) is 1. The quantitative estimate of drug-likeness (QED) is 0.590. The summed E-state index contributed by atoms with van der Waals surface area (Å²) in [5, 5.41) is 2.37. The lowest BCUT2D eigenvalue weighted by molar-refractivity contribution is -0.155. The maximum atomic E-state index is 12.2. The average Bonchev–Trinajstić information content (AvgIpc) is 2.51. The van der Waals surface area contributed by atoms with Gasteiger partial charge in [-0.3, -0.25) is 4.79 Å². The van der Waals surface area contributed by atoms with Gasteiger partial charge in [0.05, 0.1) is 12.5 Å². The Morgan fingerprint density at radius 2 is 1.69 bits per heavy atom. The Hall–Kier alpha value is -2.57. The summed E-state index contributed by atoms with van der Waals surface area (Å²) >= 11 is 0. The molecule has 7 heteroatoms. The van der Waals surface area contributed by atoms with Crippen LogP contribution in [0.5, 0.6) is 0 Å². The maximum Gasteiger partial charge on any atom is 0.408 e. The molecule has 0 spiro atoms. The molecule has 1 atom stereocenters. The molecule has 0 radical (unpaired) electrons. The molecule has 0 aliphatic carbocycles. The second kappa shape index (κ2) is 9.79. The van der Waals surface area contributed by atoms with E-state index in [1.807, 2.05) is 30.3 Å². The lowest BCUT2D eigenvalue weighted by Crippen LogP contribution is -2.46. The maximum absolute atomic E-state index is 12.2. The minimum absolute atomic E-state index is 0.0814. The van der Waals surface area contributed by atoms with Gasteiger partial charge in [0.25, 0.3) is 0 Å². The van der Waals surface area contributed by atoms with E-state index in [2.05, 4.69) is 5.32 Å². The van der Waals surface area contributed by atoms with Gasteiger partial charge in [0, 0.05) is 0 Å². The van der Waals surface area contributed by atoms with Gasteiger partial charge in [0.15, 0.2) is 0 Å². The second-order valence-corrected chi connectivity index (χ2v) is 7.03.